The van der Waals surface area contributed by atoms with Crippen molar-refractivity contribution in [1.82, 2.24) is 0 Å². The molecule has 1 atom stereocenters. The predicted octanol–water partition coefficient (Wildman–Crippen LogP) is 1.99. The van der Waals surface area contributed by atoms with Crippen molar-refractivity contribution >= 4 is 5.97 Å². The monoisotopic (exact) mass is 204 g/mol. The molecule has 3 nitrogen and oxygen atoms in total. The molecular formula is C12H12O3. The smallest absolute Gasteiger partial charge is 0.373 e. The van der Waals surface area contributed by atoms with Crippen LogP contribution in [0.25, 0.3) is 0 Å². The summed E-state index contributed by atoms with van der Waals surface area (Å²) in [5.74, 6) is -0.888. The number of carbonyl (C=O) groups is 1. The molecule has 1 aliphatic heterocycles. The van der Waals surface area contributed by atoms with E-state index in [0.717, 1.165) is 6.42 Å². The van der Waals surface area contributed by atoms with E-state index in [1.807, 2.05) is 30.3 Å². The molecule has 1 N–H and O–H groups in total. The fourth-order valence-electron chi connectivity index (χ4n) is 1.57. The van der Waals surface area contributed by atoms with Crippen LogP contribution in [0.3, 0.4) is 0 Å². The molecule has 0 amide bonds. The Morgan fingerprint density at radius 1 is 1.27 bits per heavy atom. The van der Waals surface area contributed by atoms with Crippen molar-refractivity contribution in [2.75, 3.05) is 0 Å². The number of esters is 1. The summed E-state index contributed by atoms with van der Waals surface area (Å²) in [6, 6.07) is 9.97. The lowest BCUT2D eigenvalue weighted by atomic mass is 10.1. The van der Waals surface area contributed by atoms with Gasteiger partial charge in [0.05, 0.1) is 0 Å². The van der Waals surface area contributed by atoms with Crippen LogP contribution in [-0.4, -0.2) is 17.2 Å². The summed E-state index contributed by atoms with van der Waals surface area (Å²) < 4.78 is 4.91. The van der Waals surface area contributed by atoms with Gasteiger partial charge in [0.15, 0.2) is 0 Å². The largest absolute Gasteiger partial charge is 0.502 e. The highest BCUT2D eigenvalue weighted by Crippen LogP contribution is 2.16. The second-order valence-electron chi connectivity index (χ2n) is 3.52. The lowest BCUT2D eigenvalue weighted by Crippen LogP contribution is -2.09. The van der Waals surface area contributed by atoms with Crippen molar-refractivity contribution in [3.05, 3.63) is 47.7 Å². The summed E-state index contributed by atoms with van der Waals surface area (Å²) in [7, 11) is 0. The van der Waals surface area contributed by atoms with Crippen LogP contribution in [0.5, 0.6) is 0 Å². The molecule has 0 saturated heterocycles. The van der Waals surface area contributed by atoms with Crippen LogP contribution in [0.2, 0.25) is 0 Å². The highest BCUT2D eigenvalue weighted by molar-refractivity contribution is 5.88. The molecule has 0 aliphatic carbocycles. The van der Waals surface area contributed by atoms with E-state index in [1.54, 1.807) is 0 Å². The zero-order valence-electron chi connectivity index (χ0n) is 8.22. The van der Waals surface area contributed by atoms with Crippen LogP contribution >= 0.6 is 0 Å². The maximum atomic E-state index is 10.9. The minimum Gasteiger partial charge on any atom is -0.502 e. The van der Waals surface area contributed by atoms with E-state index in [9.17, 15) is 4.79 Å². The van der Waals surface area contributed by atoms with Gasteiger partial charge < -0.3 is 9.84 Å². The molecule has 0 bridgehead atoms. The van der Waals surface area contributed by atoms with E-state index in [2.05, 4.69) is 0 Å². The van der Waals surface area contributed by atoms with Crippen LogP contribution in [0.4, 0.5) is 0 Å². The molecule has 1 aromatic carbocycles. The maximum Gasteiger partial charge on any atom is 0.373 e. The number of aliphatic hydroxyl groups is 1. The second kappa shape index (κ2) is 4.17. The maximum absolute atomic E-state index is 10.9. The average Bonchev–Trinajstić information content (AvgIpc) is 2.57. The van der Waals surface area contributed by atoms with Gasteiger partial charge in [-0.05, 0) is 18.4 Å². The fraction of sp³-hybridized carbons (Fsp3) is 0.250. The fourth-order valence-corrected chi connectivity index (χ4v) is 1.57. The highest BCUT2D eigenvalue weighted by Gasteiger charge is 2.24. The minimum absolute atomic E-state index is 0.270. The van der Waals surface area contributed by atoms with Crippen LogP contribution in [0, 0.1) is 0 Å². The zero-order valence-corrected chi connectivity index (χ0v) is 8.22. The molecule has 0 radical (unpaired) electrons. The Bertz CT molecular complexity index is 381. The van der Waals surface area contributed by atoms with Crippen molar-refractivity contribution < 1.29 is 14.6 Å². The van der Waals surface area contributed by atoms with E-state index in [4.69, 9.17) is 9.84 Å². The summed E-state index contributed by atoms with van der Waals surface area (Å²) in [6.07, 6.45) is 2.73. The second-order valence-corrected chi connectivity index (χ2v) is 3.52. The van der Waals surface area contributed by atoms with Crippen LogP contribution in [0.15, 0.2) is 42.2 Å². The number of ether oxygens (including phenoxy) is 1. The van der Waals surface area contributed by atoms with Gasteiger partial charge in [0.25, 0.3) is 0 Å². The molecular weight excluding hydrogens is 192 g/mol. The molecule has 1 aliphatic rings. The first-order valence-corrected chi connectivity index (χ1v) is 4.91. The normalized spacial score (nSPS) is 19.9. The lowest BCUT2D eigenvalue weighted by Gasteiger charge is -2.07. The Kier molecular flexibility index (Phi) is 2.72. The topological polar surface area (TPSA) is 46.5 Å². The molecule has 15 heavy (non-hydrogen) atoms. The number of cyclic esters (lactones) is 1. The highest BCUT2D eigenvalue weighted by atomic mass is 16.6. The van der Waals surface area contributed by atoms with E-state index >= 15 is 0 Å². The molecule has 1 heterocycles. The van der Waals surface area contributed by atoms with E-state index < -0.39 is 5.97 Å². The first-order valence-electron chi connectivity index (χ1n) is 4.91. The van der Waals surface area contributed by atoms with Crippen molar-refractivity contribution in [3.8, 4) is 0 Å². The molecule has 2 rings (SSSR count). The van der Waals surface area contributed by atoms with Crippen molar-refractivity contribution in [2.45, 2.75) is 18.9 Å². The molecule has 1 aromatic rings. The summed E-state index contributed by atoms with van der Waals surface area (Å²) >= 11 is 0. The van der Waals surface area contributed by atoms with Crippen LogP contribution < -0.4 is 0 Å². The molecule has 0 fully saturated rings. The van der Waals surface area contributed by atoms with Gasteiger partial charge in [0, 0.05) is 6.08 Å². The summed E-state index contributed by atoms with van der Waals surface area (Å²) in [6.45, 7) is 0. The van der Waals surface area contributed by atoms with Gasteiger partial charge in [-0.25, -0.2) is 4.79 Å². The molecule has 78 valence electrons. The Morgan fingerprint density at radius 2 is 2.00 bits per heavy atom. The molecule has 0 aromatic heterocycles. The number of rotatable bonds is 3. The molecule has 0 saturated carbocycles. The lowest BCUT2D eigenvalue weighted by molar-refractivity contribution is -0.142. The quantitative estimate of drug-likeness (QED) is 0.766. The SMILES string of the molecule is O=C1O[C@H](CCc2ccccc2)C=C1O. The Labute approximate surface area is 88.0 Å². The standard InChI is InChI=1S/C12H12O3/c13-11-8-10(15-12(11)14)7-6-9-4-2-1-3-5-9/h1-5,8,10,13H,6-7H2/t10-/m1/s1. The Hall–Kier alpha value is -1.77. The van der Waals surface area contributed by atoms with Gasteiger partial charge in [-0.1, -0.05) is 30.3 Å². The molecule has 0 spiro atoms. The number of aliphatic hydroxyl groups excluding tert-OH is 1. The van der Waals surface area contributed by atoms with Gasteiger partial charge in [-0.15, -0.1) is 0 Å². The van der Waals surface area contributed by atoms with Gasteiger partial charge in [0.2, 0.25) is 5.76 Å². The van der Waals surface area contributed by atoms with Crippen LogP contribution in [-0.2, 0) is 16.0 Å². The minimum atomic E-state index is -0.618. The van der Waals surface area contributed by atoms with Gasteiger partial charge in [-0.2, -0.15) is 0 Å². The predicted molar refractivity (Wildman–Crippen MR) is 55.4 cm³/mol. The first kappa shape index (κ1) is 9.77. The van der Waals surface area contributed by atoms with E-state index in [0.29, 0.717) is 6.42 Å². The average molecular weight is 204 g/mol. The third kappa shape index (κ3) is 2.37. The van der Waals surface area contributed by atoms with Gasteiger partial charge in [-0.3, -0.25) is 0 Å². The van der Waals surface area contributed by atoms with E-state index in [-0.39, 0.29) is 11.9 Å². The van der Waals surface area contributed by atoms with Crippen LogP contribution in [0.1, 0.15) is 12.0 Å². The van der Waals surface area contributed by atoms with Gasteiger partial charge in [0.1, 0.15) is 6.10 Å². The van der Waals surface area contributed by atoms with Crippen molar-refractivity contribution in [3.63, 3.8) is 0 Å². The zero-order chi connectivity index (χ0) is 10.7. The molecule has 3 heteroatoms. The van der Waals surface area contributed by atoms with E-state index in [1.165, 1.54) is 11.6 Å². The third-order valence-electron chi connectivity index (χ3n) is 2.37. The third-order valence-corrected chi connectivity index (χ3v) is 2.37. The summed E-state index contributed by atoms with van der Waals surface area (Å²) in [5, 5.41) is 9.05. The number of hydrogen-bond donors (Lipinski definition) is 1. The number of hydrogen-bond acceptors (Lipinski definition) is 3. The Balaban J connectivity index is 1.88. The first-order chi connectivity index (χ1) is 7.25. The molecule has 0 unspecified atom stereocenters. The number of benzene rings is 1. The number of aryl methyl sites for hydroxylation is 1. The number of carbonyl (C=O) groups excluding carboxylic acids is 1. The Morgan fingerprint density at radius 3 is 2.60 bits per heavy atom. The summed E-state index contributed by atoms with van der Waals surface area (Å²) in [4.78, 5) is 10.9. The van der Waals surface area contributed by atoms with Crippen molar-refractivity contribution in [2.24, 2.45) is 0 Å². The van der Waals surface area contributed by atoms with Gasteiger partial charge >= 0.3 is 5.97 Å². The van der Waals surface area contributed by atoms with Crippen molar-refractivity contribution in [1.29, 1.82) is 0 Å². The summed E-state index contributed by atoms with van der Waals surface area (Å²) in [5.41, 5.74) is 1.20.